The van der Waals surface area contributed by atoms with Crippen molar-refractivity contribution in [1.82, 2.24) is 4.90 Å². The molecule has 1 saturated heterocycles. The summed E-state index contributed by atoms with van der Waals surface area (Å²) in [7, 11) is 0. The highest BCUT2D eigenvalue weighted by atomic mass is 16.6. The summed E-state index contributed by atoms with van der Waals surface area (Å²) >= 11 is 0. The highest BCUT2D eigenvalue weighted by Gasteiger charge is 2.52. The van der Waals surface area contributed by atoms with Gasteiger partial charge in [0.15, 0.2) is 0 Å². The average Bonchev–Trinajstić information content (AvgIpc) is 3.34. The van der Waals surface area contributed by atoms with Gasteiger partial charge < -0.3 is 19.1 Å². The molecule has 5 rings (SSSR count). The normalized spacial score (nSPS) is 28.6. The molecule has 2 aliphatic carbocycles. The highest BCUT2D eigenvalue weighted by molar-refractivity contribution is 5.90. The van der Waals surface area contributed by atoms with Crippen LogP contribution >= 0.6 is 0 Å². The lowest BCUT2D eigenvalue weighted by Gasteiger charge is -2.48. The topological polar surface area (TPSA) is 82.1 Å². The molecule has 2 aromatic rings. The smallest absolute Gasteiger partial charge is 0.410 e. The number of hydrogen-bond acceptors (Lipinski definition) is 6. The van der Waals surface area contributed by atoms with Crippen molar-refractivity contribution in [3.05, 3.63) is 71.8 Å². The average molecular weight is 520 g/mol. The van der Waals surface area contributed by atoms with Gasteiger partial charge in [-0.3, -0.25) is 0 Å². The molecule has 202 valence electrons. The molecule has 7 heteroatoms. The fraction of sp³-hybridized carbons (Fsp3) is 0.516. The molecule has 3 aliphatic rings. The van der Waals surface area contributed by atoms with Gasteiger partial charge in [-0.25, -0.2) is 14.4 Å². The zero-order valence-corrected chi connectivity index (χ0v) is 22.4. The van der Waals surface area contributed by atoms with Gasteiger partial charge in [0.25, 0.3) is 0 Å². The van der Waals surface area contributed by atoms with E-state index < -0.39 is 29.7 Å². The third-order valence-electron chi connectivity index (χ3n) is 8.20. The predicted octanol–water partition coefficient (Wildman–Crippen LogP) is 5.88. The van der Waals surface area contributed by atoms with Crippen LogP contribution in [0.3, 0.4) is 0 Å². The Hall–Kier alpha value is -3.35. The minimum absolute atomic E-state index is 0.125. The Bertz CT molecular complexity index is 1140. The zero-order chi connectivity index (χ0) is 26.9. The Morgan fingerprint density at radius 3 is 1.84 bits per heavy atom. The third kappa shape index (κ3) is 5.71. The van der Waals surface area contributed by atoms with Crippen LogP contribution in [0.25, 0.3) is 0 Å². The number of rotatable bonds is 4. The number of benzene rings is 2. The largest absolute Gasteiger partial charge is 0.455 e. The van der Waals surface area contributed by atoms with E-state index in [1.165, 1.54) is 0 Å². The highest BCUT2D eigenvalue weighted by Crippen LogP contribution is 2.50. The van der Waals surface area contributed by atoms with Crippen molar-refractivity contribution < 1.29 is 28.6 Å². The number of hydrogen-bond donors (Lipinski definition) is 0. The Morgan fingerprint density at radius 1 is 0.737 bits per heavy atom. The first-order valence-electron chi connectivity index (χ1n) is 13.7. The van der Waals surface area contributed by atoms with Crippen LogP contribution < -0.4 is 0 Å². The lowest BCUT2D eigenvalue weighted by Crippen LogP contribution is -2.51. The van der Waals surface area contributed by atoms with Crippen LogP contribution in [0.4, 0.5) is 4.79 Å². The fourth-order valence-corrected chi connectivity index (χ4v) is 6.58. The van der Waals surface area contributed by atoms with Gasteiger partial charge in [0.2, 0.25) is 0 Å². The van der Waals surface area contributed by atoms with E-state index in [0.717, 1.165) is 19.3 Å². The first kappa shape index (κ1) is 26.3. The maximum absolute atomic E-state index is 13.0. The standard InChI is InChI=1S/C31H37NO6/c1-31(2,3)38-30(35)32-17-16-23-24-19-27(37-29(34)21-12-8-5-9-13-21)26(18-22(24)14-15-25(23)32)36-28(33)20-10-6-4-7-11-20/h4-13,22-27H,14-19H2,1-3H3. The van der Waals surface area contributed by atoms with Gasteiger partial charge in [-0.05, 0) is 94.9 Å². The van der Waals surface area contributed by atoms with Crippen molar-refractivity contribution in [3.63, 3.8) is 0 Å². The first-order chi connectivity index (χ1) is 18.2. The molecule has 1 heterocycles. The number of carbonyl (C=O) groups is 3. The van der Waals surface area contributed by atoms with E-state index in [1.54, 1.807) is 48.5 Å². The number of nitrogens with zero attached hydrogens (tertiary/aromatic N) is 1. The number of esters is 2. The molecule has 0 radical (unpaired) electrons. The van der Waals surface area contributed by atoms with Gasteiger partial charge in [-0.15, -0.1) is 0 Å². The summed E-state index contributed by atoms with van der Waals surface area (Å²) < 4.78 is 17.7. The zero-order valence-electron chi connectivity index (χ0n) is 22.4. The summed E-state index contributed by atoms with van der Waals surface area (Å²) in [5.41, 5.74) is 0.417. The number of carbonyl (C=O) groups excluding carboxylic acids is 3. The SMILES string of the molecule is CC(C)(C)OC(=O)N1CCC2C3CC(OC(=O)c4ccccc4)C(OC(=O)c4ccccc4)CC3CCC21. The van der Waals surface area contributed by atoms with Crippen molar-refractivity contribution in [2.45, 2.75) is 76.7 Å². The molecule has 6 unspecified atom stereocenters. The Morgan fingerprint density at radius 2 is 1.29 bits per heavy atom. The molecule has 0 spiro atoms. The summed E-state index contributed by atoms with van der Waals surface area (Å²) in [6.45, 7) is 6.34. The van der Waals surface area contributed by atoms with E-state index in [4.69, 9.17) is 14.2 Å². The molecule has 2 aromatic carbocycles. The molecular weight excluding hydrogens is 482 g/mol. The second-order valence-electron chi connectivity index (χ2n) is 11.8. The summed E-state index contributed by atoms with van der Waals surface area (Å²) in [4.78, 5) is 40.8. The summed E-state index contributed by atoms with van der Waals surface area (Å²) in [6.07, 6.45) is 2.68. The molecule has 1 aliphatic heterocycles. The quantitative estimate of drug-likeness (QED) is 0.370. The monoisotopic (exact) mass is 519 g/mol. The van der Waals surface area contributed by atoms with Gasteiger partial charge in [-0.2, -0.15) is 0 Å². The Balaban J connectivity index is 1.34. The van der Waals surface area contributed by atoms with E-state index in [2.05, 4.69) is 0 Å². The van der Waals surface area contributed by atoms with Gasteiger partial charge in [-0.1, -0.05) is 36.4 Å². The van der Waals surface area contributed by atoms with Crippen LogP contribution in [0.1, 0.15) is 73.6 Å². The lowest BCUT2D eigenvalue weighted by molar-refractivity contribution is -0.0936. The van der Waals surface area contributed by atoms with E-state index in [9.17, 15) is 14.4 Å². The van der Waals surface area contributed by atoms with Crippen molar-refractivity contribution in [2.24, 2.45) is 17.8 Å². The van der Waals surface area contributed by atoms with Gasteiger partial charge in [0, 0.05) is 12.6 Å². The maximum atomic E-state index is 13.0. The van der Waals surface area contributed by atoms with E-state index in [-0.39, 0.29) is 18.1 Å². The molecule has 3 fully saturated rings. The van der Waals surface area contributed by atoms with Gasteiger partial charge in [0.1, 0.15) is 17.8 Å². The molecule has 7 nitrogen and oxygen atoms in total. The van der Waals surface area contributed by atoms with Crippen LogP contribution in [-0.4, -0.2) is 53.3 Å². The number of ether oxygens (including phenoxy) is 3. The first-order valence-corrected chi connectivity index (χ1v) is 13.7. The van der Waals surface area contributed by atoms with Crippen LogP contribution in [0, 0.1) is 17.8 Å². The summed E-state index contributed by atoms with van der Waals surface area (Å²) in [5, 5.41) is 0. The number of amides is 1. The molecule has 0 aromatic heterocycles. The molecule has 1 amide bonds. The van der Waals surface area contributed by atoms with Gasteiger partial charge >= 0.3 is 18.0 Å². The van der Waals surface area contributed by atoms with Crippen LogP contribution in [-0.2, 0) is 14.2 Å². The summed E-state index contributed by atoms with van der Waals surface area (Å²) in [5.74, 6) is 0.117. The second kappa shape index (κ2) is 10.8. The fourth-order valence-electron chi connectivity index (χ4n) is 6.58. The Labute approximate surface area is 224 Å². The maximum Gasteiger partial charge on any atom is 0.410 e. The summed E-state index contributed by atoms with van der Waals surface area (Å²) in [6, 6.07) is 18.0. The van der Waals surface area contributed by atoms with Gasteiger partial charge in [0.05, 0.1) is 11.1 Å². The van der Waals surface area contributed by atoms with Crippen molar-refractivity contribution in [3.8, 4) is 0 Å². The van der Waals surface area contributed by atoms with Crippen LogP contribution in [0.2, 0.25) is 0 Å². The Kier molecular flexibility index (Phi) is 7.46. The minimum Gasteiger partial charge on any atom is -0.455 e. The molecule has 2 saturated carbocycles. The second-order valence-corrected chi connectivity index (χ2v) is 11.8. The van der Waals surface area contributed by atoms with Crippen LogP contribution in [0.5, 0.6) is 0 Å². The lowest BCUT2D eigenvalue weighted by atomic mass is 9.62. The van der Waals surface area contributed by atoms with Crippen molar-refractivity contribution in [2.75, 3.05) is 6.54 Å². The molecule has 0 N–H and O–H groups in total. The van der Waals surface area contributed by atoms with Crippen molar-refractivity contribution >= 4 is 18.0 Å². The number of fused-ring (bicyclic) bond motifs is 3. The van der Waals surface area contributed by atoms with E-state index >= 15 is 0 Å². The number of likely N-dealkylation sites (tertiary alicyclic amines) is 1. The van der Waals surface area contributed by atoms with Crippen molar-refractivity contribution in [1.29, 1.82) is 0 Å². The molecule has 6 atom stereocenters. The van der Waals surface area contributed by atoms with Crippen LogP contribution in [0.15, 0.2) is 60.7 Å². The van der Waals surface area contributed by atoms with E-state index in [1.807, 2.05) is 37.8 Å². The molecule has 38 heavy (non-hydrogen) atoms. The molecule has 0 bridgehead atoms. The molecular formula is C31H37NO6. The van der Waals surface area contributed by atoms with E-state index in [0.29, 0.717) is 42.3 Å². The predicted molar refractivity (Wildman–Crippen MR) is 142 cm³/mol. The minimum atomic E-state index is -0.550. The third-order valence-corrected chi connectivity index (χ3v) is 8.20.